The highest BCUT2D eigenvalue weighted by atomic mass is 19.4. The standard InChI is InChI=1S/C23H28F3N3O/c24-23(25,26)20-16-28-18(15-29-20)7-1-3-9-21(19-8-2-6-13-27-19)12-14-30-22(17-21)10-4-5-11-22/h2,6,8,13,15-16H,1,3-5,7,9-12,14,17H2/t21-/m1/s1. The molecule has 2 aromatic heterocycles. The van der Waals surface area contributed by atoms with Gasteiger partial charge in [-0.3, -0.25) is 9.97 Å². The Morgan fingerprint density at radius 1 is 0.967 bits per heavy atom. The second kappa shape index (κ2) is 8.61. The Balaban J connectivity index is 1.41. The van der Waals surface area contributed by atoms with Gasteiger partial charge in [-0.2, -0.15) is 13.2 Å². The molecule has 3 heterocycles. The smallest absolute Gasteiger partial charge is 0.375 e. The van der Waals surface area contributed by atoms with E-state index in [0.717, 1.165) is 63.4 Å². The Bertz CT molecular complexity index is 820. The van der Waals surface area contributed by atoms with Crippen molar-refractivity contribution in [3.8, 4) is 0 Å². The summed E-state index contributed by atoms with van der Waals surface area (Å²) < 4.78 is 44.2. The molecule has 0 bridgehead atoms. The molecule has 1 saturated carbocycles. The molecule has 7 heteroatoms. The van der Waals surface area contributed by atoms with Crippen LogP contribution < -0.4 is 0 Å². The van der Waals surface area contributed by atoms with Crippen LogP contribution in [0.2, 0.25) is 0 Å². The quantitative estimate of drug-likeness (QED) is 0.567. The average Bonchev–Trinajstić information content (AvgIpc) is 3.19. The lowest BCUT2D eigenvalue weighted by molar-refractivity contribution is -0.141. The van der Waals surface area contributed by atoms with Gasteiger partial charge < -0.3 is 4.74 Å². The van der Waals surface area contributed by atoms with Crippen LogP contribution in [0.5, 0.6) is 0 Å². The van der Waals surface area contributed by atoms with Crippen molar-refractivity contribution in [1.29, 1.82) is 0 Å². The van der Waals surface area contributed by atoms with Gasteiger partial charge in [0.2, 0.25) is 0 Å². The van der Waals surface area contributed by atoms with E-state index in [9.17, 15) is 13.2 Å². The van der Waals surface area contributed by atoms with E-state index in [0.29, 0.717) is 12.1 Å². The summed E-state index contributed by atoms with van der Waals surface area (Å²) in [5.41, 5.74) is 0.817. The van der Waals surface area contributed by atoms with E-state index in [1.165, 1.54) is 19.0 Å². The summed E-state index contributed by atoms with van der Waals surface area (Å²) >= 11 is 0. The maximum Gasteiger partial charge on any atom is 0.434 e. The molecule has 0 aromatic carbocycles. The fourth-order valence-electron chi connectivity index (χ4n) is 5.20. The van der Waals surface area contributed by atoms with Crippen molar-refractivity contribution in [2.24, 2.45) is 0 Å². The van der Waals surface area contributed by atoms with Crippen molar-refractivity contribution in [3.05, 3.63) is 53.9 Å². The van der Waals surface area contributed by atoms with Gasteiger partial charge in [0.05, 0.1) is 17.5 Å². The maximum absolute atomic E-state index is 12.6. The van der Waals surface area contributed by atoms with Crippen LogP contribution in [0.25, 0.3) is 0 Å². The number of alkyl halides is 3. The zero-order valence-corrected chi connectivity index (χ0v) is 17.1. The first kappa shape index (κ1) is 21.2. The van der Waals surface area contributed by atoms with E-state index in [-0.39, 0.29) is 11.0 Å². The molecule has 4 rings (SSSR count). The van der Waals surface area contributed by atoms with Crippen molar-refractivity contribution in [2.75, 3.05) is 6.61 Å². The largest absolute Gasteiger partial charge is 0.434 e. The Labute approximate surface area is 175 Å². The van der Waals surface area contributed by atoms with Crippen LogP contribution in [-0.2, 0) is 22.7 Å². The summed E-state index contributed by atoms with van der Waals surface area (Å²) in [5, 5.41) is 0. The average molecular weight is 419 g/mol. The normalized spacial score (nSPS) is 23.7. The molecular formula is C23H28F3N3O. The van der Waals surface area contributed by atoms with Gasteiger partial charge in [0.15, 0.2) is 5.69 Å². The van der Waals surface area contributed by atoms with Crippen molar-refractivity contribution >= 4 is 0 Å². The van der Waals surface area contributed by atoms with Gasteiger partial charge in [0.25, 0.3) is 0 Å². The Hall–Kier alpha value is -2.02. The van der Waals surface area contributed by atoms with Gasteiger partial charge in [-0.05, 0) is 57.1 Å². The predicted molar refractivity (Wildman–Crippen MR) is 107 cm³/mol. The molecule has 4 nitrogen and oxygen atoms in total. The fraction of sp³-hybridized carbons (Fsp3) is 0.609. The maximum atomic E-state index is 12.6. The summed E-state index contributed by atoms with van der Waals surface area (Å²) in [5.74, 6) is 0. The van der Waals surface area contributed by atoms with Crippen LogP contribution in [0.3, 0.4) is 0 Å². The summed E-state index contributed by atoms with van der Waals surface area (Å²) in [4.78, 5) is 12.2. The first-order chi connectivity index (χ1) is 14.4. The molecular weight excluding hydrogens is 391 g/mol. The van der Waals surface area contributed by atoms with Crippen LogP contribution in [0.1, 0.15) is 74.9 Å². The van der Waals surface area contributed by atoms with Gasteiger partial charge in [0.1, 0.15) is 0 Å². The molecule has 1 aliphatic heterocycles. The van der Waals surface area contributed by atoms with E-state index in [2.05, 4.69) is 22.1 Å². The minimum Gasteiger partial charge on any atom is -0.375 e. The molecule has 2 fully saturated rings. The number of rotatable bonds is 6. The molecule has 2 aromatic rings. The Morgan fingerprint density at radius 3 is 2.47 bits per heavy atom. The molecule has 1 saturated heterocycles. The molecule has 1 spiro atoms. The Morgan fingerprint density at radius 2 is 1.80 bits per heavy atom. The molecule has 30 heavy (non-hydrogen) atoms. The van der Waals surface area contributed by atoms with Gasteiger partial charge >= 0.3 is 6.18 Å². The van der Waals surface area contributed by atoms with Gasteiger partial charge in [-0.25, -0.2) is 4.98 Å². The zero-order valence-electron chi connectivity index (χ0n) is 17.1. The summed E-state index contributed by atoms with van der Waals surface area (Å²) in [6, 6.07) is 6.14. The molecule has 1 atom stereocenters. The van der Waals surface area contributed by atoms with Crippen molar-refractivity contribution in [1.82, 2.24) is 15.0 Å². The lowest BCUT2D eigenvalue weighted by atomic mass is 9.67. The van der Waals surface area contributed by atoms with Crippen LogP contribution in [0, 0.1) is 0 Å². The highest BCUT2D eigenvalue weighted by Gasteiger charge is 2.48. The number of aryl methyl sites for hydroxylation is 1. The number of unbranched alkanes of at least 4 members (excludes halogenated alkanes) is 1. The SMILES string of the molecule is FC(F)(F)c1cnc(CCCC[C@@]2(c3ccccn3)CCOC3(CCCC3)C2)cn1. The molecule has 0 amide bonds. The minimum absolute atomic E-state index is 0.00528. The third-order valence-corrected chi connectivity index (χ3v) is 6.71. The van der Waals surface area contributed by atoms with Crippen molar-refractivity contribution in [3.63, 3.8) is 0 Å². The van der Waals surface area contributed by atoms with Crippen LogP contribution in [0.4, 0.5) is 13.2 Å². The van der Waals surface area contributed by atoms with E-state index in [1.54, 1.807) is 0 Å². The topological polar surface area (TPSA) is 47.9 Å². The first-order valence-electron chi connectivity index (χ1n) is 10.8. The van der Waals surface area contributed by atoms with E-state index < -0.39 is 11.9 Å². The van der Waals surface area contributed by atoms with E-state index in [4.69, 9.17) is 9.72 Å². The number of pyridine rings is 1. The van der Waals surface area contributed by atoms with Crippen LogP contribution in [0.15, 0.2) is 36.8 Å². The van der Waals surface area contributed by atoms with Crippen LogP contribution >= 0.6 is 0 Å². The highest BCUT2D eigenvalue weighted by molar-refractivity contribution is 5.20. The summed E-state index contributed by atoms with van der Waals surface area (Å²) in [6.07, 6.45) is 9.65. The number of hydrogen-bond acceptors (Lipinski definition) is 4. The zero-order chi connectivity index (χ0) is 21.1. The van der Waals surface area contributed by atoms with Gasteiger partial charge in [0, 0.05) is 30.1 Å². The molecule has 0 N–H and O–H groups in total. The van der Waals surface area contributed by atoms with Crippen LogP contribution in [-0.4, -0.2) is 27.2 Å². The predicted octanol–water partition coefficient (Wildman–Crippen LogP) is 5.66. The summed E-state index contributed by atoms with van der Waals surface area (Å²) in [7, 11) is 0. The first-order valence-corrected chi connectivity index (χ1v) is 10.8. The number of aromatic nitrogens is 3. The van der Waals surface area contributed by atoms with Gasteiger partial charge in [-0.15, -0.1) is 0 Å². The third-order valence-electron chi connectivity index (χ3n) is 6.71. The fourth-order valence-corrected chi connectivity index (χ4v) is 5.20. The van der Waals surface area contributed by atoms with E-state index >= 15 is 0 Å². The molecule has 0 unspecified atom stereocenters. The number of halogens is 3. The lowest BCUT2D eigenvalue weighted by Gasteiger charge is -2.46. The second-order valence-electron chi connectivity index (χ2n) is 8.76. The second-order valence-corrected chi connectivity index (χ2v) is 8.76. The van der Waals surface area contributed by atoms with Crippen molar-refractivity contribution in [2.45, 2.75) is 81.4 Å². The number of hydrogen-bond donors (Lipinski definition) is 0. The molecule has 162 valence electrons. The van der Waals surface area contributed by atoms with Gasteiger partial charge in [-0.1, -0.05) is 25.3 Å². The van der Waals surface area contributed by atoms with Crippen molar-refractivity contribution < 1.29 is 17.9 Å². The number of nitrogens with zero attached hydrogens (tertiary/aromatic N) is 3. The summed E-state index contributed by atoms with van der Waals surface area (Å²) in [6.45, 7) is 0.765. The number of ether oxygens (including phenoxy) is 1. The minimum atomic E-state index is -4.44. The highest BCUT2D eigenvalue weighted by Crippen LogP contribution is 2.50. The Kier molecular flexibility index (Phi) is 6.09. The molecule has 1 aliphatic carbocycles. The third kappa shape index (κ3) is 4.66. The van der Waals surface area contributed by atoms with E-state index in [1.807, 2.05) is 12.3 Å². The molecule has 0 radical (unpaired) electrons. The monoisotopic (exact) mass is 419 g/mol. The lowest BCUT2D eigenvalue weighted by Crippen LogP contribution is -2.46. The molecule has 2 aliphatic rings.